The lowest BCUT2D eigenvalue weighted by Crippen LogP contribution is -2.39. The minimum atomic E-state index is -2.14. The molecule has 332 valence electrons. The molecule has 4 N–H and O–H groups in total. The molecule has 0 heterocycles. The number of aliphatic hydroxyl groups is 4. The minimum Gasteiger partial charge on any atom is -0.461 e. The number of aldehydes is 1. The van der Waals surface area contributed by atoms with Gasteiger partial charge in [0.05, 0.1) is 64.6 Å². The summed E-state index contributed by atoms with van der Waals surface area (Å²) in [5, 5.41) is 39.6. The molecule has 0 saturated carbocycles. The van der Waals surface area contributed by atoms with Crippen LogP contribution in [0.3, 0.4) is 0 Å². The zero-order valence-corrected chi connectivity index (χ0v) is 36.1. The highest BCUT2D eigenvalue weighted by Crippen LogP contribution is 2.21. The highest BCUT2D eigenvalue weighted by atomic mass is 79.9. The molecule has 0 radical (unpaired) electrons. The van der Waals surface area contributed by atoms with Gasteiger partial charge in [-0.2, -0.15) is 0 Å². The molecule has 0 fully saturated rings. The van der Waals surface area contributed by atoms with E-state index >= 15 is 0 Å². The molecule has 0 bridgehead atoms. The maximum absolute atomic E-state index is 14.7. The molecule has 0 amide bonds. The van der Waals surface area contributed by atoms with Crippen LogP contribution in [0.2, 0.25) is 0 Å². The van der Waals surface area contributed by atoms with Crippen molar-refractivity contribution < 1.29 is 77.0 Å². The van der Waals surface area contributed by atoms with Gasteiger partial charge >= 0.3 is 23.9 Å². The maximum atomic E-state index is 14.7. The minimum absolute atomic E-state index is 0.00347. The third kappa shape index (κ3) is 16.1. The Kier molecular flexibility index (Phi) is 22.0. The Hall–Kier alpha value is -5.44. The number of hydrogen-bond acceptors (Lipinski definition) is 15. The van der Waals surface area contributed by atoms with E-state index in [9.17, 15) is 32.8 Å². The van der Waals surface area contributed by atoms with E-state index in [2.05, 4.69) is 41.9 Å². The fourth-order valence-electron chi connectivity index (χ4n) is 4.99. The third-order valence-corrected chi connectivity index (χ3v) is 10.1. The summed E-state index contributed by atoms with van der Waals surface area (Å²) in [4.78, 5) is 62.6. The number of ether oxygens (including phenoxy) is 4. The molecule has 4 aromatic carbocycles. The number of carbonyl (C=O) groups excluding carboxylic acids is 5. The summed E-state index contributed by atoms with van der Waals surface area (Å²) in [6.45, 7) is -1.38. The number of nitrogens with zero attached hydrogens (tertiary/aromatic N) is 1. The molecule has 4 rings (SSSR count). The average molecular weight is 996 g/mol. The Bertz CT molecular complexity index is 2060. The third-order valence-electron chi connectivity index (χ3n) is 8.50. The van der Waals surface area contributed by atoms with Gasteiger partial charge in [-0.05, 0) is 70.8 Å². The van der Waals surface area contributed by atoms with Crippen molar-refractivity contribution in [3.8, 4) is 0 Å². The van der Waals surface area contributed by atoms with E-state index < -0.39 is 58.1 Å². The quantitative estimate of drug-likeness (QED) is 0.0212. The molecule has 0 saturated heterocycles. The molecule has 0 aliphatic carbocycles. The molecule has 0 unspecified atom stereocenters. The predicted octanol–water partition coefficient (Wildman–Crippen LogP) is 5.14. The van der Waals surface area contributed by atoms with E-state index in [0.29, 0.717) is 22.3 Å². The highest BCUT2D eigenvalue weighted by molar-refractivity contribution is 9.09. The first-order valence-electron chi connectivity index (χ1n) is 18.4. The van der Waals surface area contributed by atoms with Gasteiger partial charge < -0.3 is 44.2 Å². The van der Waals surface area contributed by atoms with Gasteiger partial charge in [0.1, 0.15) is 20.3 Å². The van der Waals surface area contributed by atoms with Crippen molar-refractivity contribution >= 4 is 68.2 Å². The first-order valence-corrected chi connectivity index (χ1v) is 20.3. The average Bonchev–Trinajstić information content (AvgIpc) is 3.32. The normalized spacial score (nSPS) is 13.8. The van der Waals surface area contributed by atoms with Crippen LogP contribution in [0.5, 0.6) is 0 Å². The topological polar surface area (TPSA) is 225 Å². The molecule has 0 aromatic heterocycles. The highest BCUT2D eigenvalue weighted by Gasteiger charge is 2.34. The molecule has 0 aliphatic heterocycles. The molecule has 6 atom stereocenters. The fourth-order valence-corrected chi connectivity index (χ4v) is 6.06. The van der Waals surface area contributed by atoms with E-state index in [1.54, 1.807) is 36.4 Å². The monoisotopic (exact) mass is 993 g/mol. The van der Waals surface area contributed by atoms with E-state index in [1.807, 2.05) is 0 Å². The summed E-state index contributed by atoms with van der Waals surface area (Å²) in [6, 6.07) is 24.0. The van der Waals surface area contributed by atoms with Crippen LogP contribution in [-0.4, -0.2) is 111 Å². The summed E-state index contributed by atoms with van der Waals surface area (Å²) in [5.41, 5.74) is 3.17. The van der Waals surface area contributed by atoms with Crippen molar-refractivity contribution in [3.63, 3.8) is 0 Å². The molecule has 62 heavy (non-hydrogen) atoms. The van der Waals surface area contributed by atoms with Gasteiger partial charge in [-0.25, -0.2) is 28.0 Å². The maximum Gasteiger partial charge on any atom is 0.338 e. The summed E-state index contributed by atoms with van der Waals surface area (Å²) in [7, 11) is 1.24. The lowest BCUT2D eigenvalue weighted by atomic mass is 10.1. The second kappa shape index (κ2) is 26.8. The molecule has 0 spiro atoms. The molecular weight excluding hydrogens is 952 g/mol. The number of carbonyl (C=O) groups is 5. The molecule has 19 heteroatoms. The van der Waals surface area contributed by atoms with Crippen molar-refractivity contribution in [3.05, 3.63) is 142 Å². The Morgan fingerprint density at radius 1 is 0.548 bits per heavy atom. The smallest absolute Gasteiger partial charge is 0.338 e. The van der Waals surface area contributed by atoms with E-state index in [4.69, 9.17) is 39.4 Å². The molecule has 0 aliphatic rings. The number of rotatable bonds is 21. The standard InChI is InChI=1S/C22H23BrFNO7.C21H20BrFO7/c1-30-25-10-19(24)20(32-22(29)17-8-4-15(12-27)5-9-17)18(23)13-31-21(28)16-6-2-14(11-26)3-7-16;22-17(12-29-20(27)15-5-1-13(9-24)2-6-15)19(18(23)11-26)30-21(28)16-7-3-14(10-25)4-8-16/h2-10,18-20,26-27H,11-13H2,1H3;1-8,11,17-19,24-25H,9-10,12H2/t18-,19+,20+;17-,18+,19+/m00/s1. The zero-order chi connectivity index (χ0) is 45.6. The van der Waals surface area contributed by atoms with Gasteiger partial charge in [-0.1, -0.05) is 85.5 Å². The lowest BCUT2D eigenvalue weighted by molar-refractivity contribution is -0.115. The van der Waals surface area contributed by atoms with Crippen LogP contribution in [0.15, 0.2) is 102 Å². The van der Waals surface area contributed by atoms with E-state index in [1.165, 1.54) is 67.8 Å². The van der Waals surface area contributed by atoms with Gasteiger partial charge in [-0.15, -0.1) is 0 Å². The summed E-state index contributed by atoms with van der Waals surface area (Å²) in [6.07, 6.45) is -6.09. The van der Waals surface area contributed by atoms with Gasteiger partial charge in [0, 0.05) is 0 Å². The molecule has 15 nitrogen and oxygen atoms in total. The lowest BCUT2D eigenvalue weighted by Gasteiger charge is -2.24. The first kappa shape index (κ1) is 50.9. The van der Waals surface area contributed by atoms with Crippen molar-refractivity contribution in [2.24, 2.45) is 5.16 Å². The van der Waals surface area contributed by atoms with Crippen LogP contribution in [0, 0.1) is 0 Å². The van der Waals surface area contributed by atoms with Gasteiger partial charge in [-0.3, -0.25) is 4.79 Å². The van der Waals surface area contributed by atoms with Crippen molar-refractivity contribution in [1.82, 2.24) is 0 Å². The predicted molar refractivity (Wildman–Crippen MR) is 225 cm³/mol. The van der Waals surface area contributed by atoms with Crippen molar-refractivity contribution in [2.45, 2.75) is 60.6 Å². The Morgan fingerprint density at radius 3 is 1.11 bits per heavy atom. The SMILES string of the molecule is CON=C[C@@H](F)[C@H](OC(=O)c1ccc(CO)cc1)[C@@H](Br)COC(=O)c1ccc(CO)cc1.O=C[C@@H](F)[C@H](OC(=O)c1ccc(CO)cc1)[C@@H](Br)COC(=O)c1ccc(CO)cc1. The van der Waals surface area contributed by atoms with Gasteiger partial charge in [0.15, 0.2) is 30.8 Å². The summed E-state index contributed by atoms with van der Waals surface area (Å²) < 4.78 is 49.5. The second-order valence-corrected chi connectivity index (χ2v) is 15.2. The fraction of sp³-hybridized carbons (Fsp3) is 0.302. The van der Waals surface area contributed by atoms with Crippen LogP contribution in [0.25, 0.3) is 0 Å². The van der Waals surface area contributed by atoms with Crippen LogP contribution >= 0.6 is 31.9 Å². The number of halogens is 4. The Morgan fingerprint density at radius 2 is 0.839 bits per heavy atom. The number of hydrogen-bond donors (Lipinski definition) is 4. The summed E-state index contributed by atoms with van der Waals surface area (Å²) in [5.74, 6) is -3.03. The van der Waals surface area contributed by atoms with Crippen LogP contribution in [0.4, 0.5) is 8.78 Å². The second-order valence-electron chi connectivity index (χ2n) is 12.9. The molecule has 4 aromatic rings. The van der Waals surface area contributed by atoms with Gasteiger partial charge in [0.25, 0.3) is 0 Å². The van der Waals surface area contributed by atoms with Crippen LogP contribution in [0.1, 0.15) is 63.7 Å². The number of alkyl halides is 4. The van der Waals surface area contributed by atoms with Gasteiger partial charge in [0.2, 0.25) is 0 Å². The van der Waals surface area contributed by atoms with Crippen LogP contribution in [-0.2, 0) is 55.0 Å². The van der Waals surface area contributed by atoms with Crippen molar-refractivity contribution in [2.75, 3.05) is 20.3 Å². The van der Waals surface area contributed by atoms with E-state index in [-0.39, 0.29) is 68.2 Å². The number of esters is 4. The Labute approximate surface area is 371 Å². The number of benzene rings is 4. The van der Waals surface area contributed by atoms with Crippen molar-refractivity contribution in [1.29, 1.82) is 0 Å². The van der Waals surface area contributed by atoms with E-state index in [0.717, 1.165) is 6.21 Å². The largest absolute Gasteiger partial charge is 0.461 e. The zero-order valence-electron chi connectivity index (χ0n) is 32.9. The summed E-state index contributed by atoms with van der Waals surface area (Å²) >= 11 is 6.34. The Balaban J connectivity index is 0.000000331. The number of aliphatic hydroxyl groups excluding tert-OH is 4. The number of oxime groups is 1. The first-order chi connectivity index (χ1) is 29.8. The van der Waals surface area contributed by atoms with Crippen LogP contribution < -0.4 is 0 Å². The molecular formula is C43H43Br2F2NO14.